The molecule has 1 aromatic rings. The Hall–Kier alpha value is -1.60. The van der Waals surface area contributed by atoms with E-state index < -0.39 is 12.1 Å². The van der Waals surface area contributed by atoms with Gasteiger partial charge < -0.3 is 5.11 Å². The first-order chi connectivity index (χ1) is 8.41. The Bertz CT molecular complexity index is 406. The van der Waals surface area contributed by atoms with Crippen molar-refractivity contribution in [3.05, 3.63) is 22.4 Å². The Kier molecular flexibility index (Phi) is 5.11. The van der Waals surface area contributed by atoms with Crippen LogP contribution < -0.4 is 5.43 Å². The summed E-state index contributed by atoms with van der Waals surface area (Å²) in [5.41, 5.74) is 2.59. The largest absolute Gasteiger partial charge is 0.465 e. The SMILES string of the molecule is CN(C)NC(=O)C(Cc1cccs1)N(C)C(=O)O. The highest BCUT2D eigenvalue weighted by Crippen LogP contribution is 2.14. The third-order valence-corrected chi connectivity index (χ3v) is 3.28. The molecule has 0 aliphatic carbocycles. The highest BCUT2D eigenvalue weighted by Gasteiger charge is 2.27. The molecule has 2 N–H and O–H groups in total. The van der Waals surface area contributed by atoms with Crippen LogP contribution in [0.3, 0.4) is 0 Å². The van der Waals surface area contributed by atoms with Crippen LogP contribution in [0.4, 0.5) is 4.79 Å². The topological polar surface area (TPSA) is 72.9 Å². The van der Waals surface area contributed by atoms with Gasteiger partial charge in [0.25, 0.3) is 5.91 Å². The molecule has 0 bridgehead atoms. The second-order valence-corrected chi connectivity index (χ2v) is 5.10. The minimum atomic E-state index is -1.12. The number of hydrogen-bond donors (Lipinski definition) is 2. The van der Waals surface area contributed by atoms with Crippen molar-refractivity contribution in [1.82, 2.24) is 15.3 Å². The molecule has 1 atom stereocenters. The maximum atomic E-state index is 12.0. The van der Waals surface area contributed by atoms with Gasteiger partial charge in [-0.2, -0.15) is 0 Å². The number of nitrogens with zero attached hydrogens (tertiary/aromatic N) is 2. The Balaban J connectivity index is 2.81. The maximum Gasteiger partial charge on any atom is 0.407 e. The molecule has 6 nitrogen and oxygen atoms in total. The fourth-order valence-corrected chi connectivity index (χ4v) is 2.20. The molecule has 0 aliphatic heterocycles. The molecule has 18 heavy (non-hydrogen) atoms. The molecule has 2 amide bonds. The lowest BCUT2D eigenvalue weighted by molar-refractivity contribution is -0.129. The number of rotatable bonds is 5. The van der Waals surface area contributed by atoms with E-state index in [1.54, 1.807) is 14.1 Å². The summed E-state index contributed by atoms with van der Waals surface area (Å²) in [5, 5.41) is 12.4. The van der Waals surface area contributed by atoms with E-state index >= 15 is 0 Å². The molecule has 0 saturated heterocycles. The predicted octanol–water partition coefficient (Wildman–Crippen LogP) is 0.862. The Morgan fingerprint density at radius 3 is 2.56 bits per heavy atom. The highest BCUT2D eigenvalue weighted by molar-refractivity contribution is 7.09. The zero-order chi connectivity index (χ0) is 13.7. The lowest BCUT2D eigenvalue weighted by Crippen LogP contribution is -2.51. The Morgan fingerprint density at radius 2 is 2.11 bits per heavy atom. The number of likely N-dealkylation sites (N-methyl/N-ethyl adjacent to an activating group) is 1. The first-order valence-electron chi connectivity index (χ1n) is 5.37. The van der Waals surface area contributed by atoms with Crippen molar-refractivity contribution in [2.24, 2.45) is 0 Å². The number of carbonyl (C=O) groups excluding carboxylic acids is 1. The van der Waals surface area contributed by atoms with E-state index in [4.69, 9.17) is 5.11 Å². The normalized spacial score (nSPS) is 12.2. The predicted molar refractivity (Wildman–Crippen MR) is 69.4 cm³/mol. The molecule has 0 aliphatic rings. The first-order valence-corrected chi connectivity index (χ1v) is 6.25. The van der Waals surface area contributed by atoms with Crippen LogP contribution in [0.5, 0.6) is 0 Å². The van der Waals surface area contributed by atoms with Gasteiger partial charge in [0, 0.05) is 32.4 Å². The van der Waals surface area contributed by atoms with Crippen molar-refractivity contribution in [2.75, 3.05) is 21.1 Å². The quantitative estimate of drug-likeness (QED) is 0.779. The van der Waals surface area contributed by atoms with Gasteiger partial charge in [0.05, 0.1) is 0 Å². The van der Waals surface area contributed by atoms with Crippen molar-refractivity contribution in [3.8, 4) is 0 Å². The van der Waals surface area contributed by atoms with Crippen molar-refractivity contribution in [2.45, 2.75) is 12.5 Å². The molecule has 100 valence electrons. The first kappa shape index (κ1) is 14.5. The summed E-state index contributed by atoms with van der Waals surface area (Å²) in [4.78, 5) is 25.0. The van der Waals surface area contributed by atoms with E-state index in [1.807, 2.05) is 17.5 Å². The number of thiophene rings is 1. The molecule has 1 rings (SSSR count). The van der Waals surface area contributed by atoms with Crippen LogP contribution in [0.2, 0.25) is 0 Å². The average Bonchev–Trinajstić information content (AvgIpc) is 2.76. The van der Waals surface area contributed by atoms with Crippen LogP contribution in [0, 0.1) is 0 Å². The minimum absolute atomic E-state index is 0.335. The molecule has 0 aromatic carbocycles. The maximum absolute atomic E-state index is 12.0. The van der Waals surface area contributed by atoms with Crippen LogP contribution >= 0.6 is 11.3 Å². The van der Waals surface area contributed by atoms with E-state index in [9.17, 15) is 9.59 Å². The molecule has 0 radical (unpaired) electrons. The van der Waals surface area contributed by atoms with E-state index in [0.717, 1.165) is 9.78 Å². The van der Waals surface area contributed by atoms with E-state index in [-0.39, 0.29) is 5.91 Å². The number of amides is 2. The highest BCUT2D eigenvalue weighted by atomic mass is 32.1. The summed E-state index contributed by atoms with van der Waals surface area (Å²) >= 11 is 1.50. The fourth-order valence-electron chi connectivity index (χ4n) is 1.45. The van der Waals surface area contributed by atoms with E-state index in [2.05, 4.69) is 5.43 Å². The van der Waals surface area contributed by atoms with Gasteiger partial charge in [-0.15, -0.1) is 11.3 Å². The fraction of sp³-hybridized carbons (Fsp3) is 0.455. The van der Waals surface area contributed by atoms with Crippen molar-refractivity contribution in [3.63, 3.8) is 0 Å². The van der Waals surface area contributed by atoms with Crippen molar-refractivity contribution in [1.29, 1.82) is 0 Å². The van der Waals surface area contributed by atoms with Crippen LogP contribution in [0.1, 0.15) is 4.88 Å². The molecular weight excluding hydrogens is 254 g/mol. The van der Waals surface area contributed by atoms with Crippen LogP contribution in [-0.4, -0.2) is 54.2 Å². The molecule has 1 aromatic heterocycles. The van der Waals surface area contributed by atoms with Gasteiger partial charge in [0.1, 0.15) is 6.04 Å². The zero-order valence-corrected chi connectivity index (χ0v) is 11.4. The van der Waals surface area contributed by atoms with Gasteiger partial charge >= 0.3 is 6.09 Å². The summed E-state index contributed by atoms with van der Waals surface area (Å²) in [6.45, 7) is 0. The summed E-state index contributed by atoms with van der Waals surface area (Å²) in [7, 11) is 4.76. The summed E-state index contributed by atoms with van der Waals surface area (Å²) < 4.78 is 0. The standard InChI is InChI=1S/C11H17N3O3S/c1-13(2)12-10(15)9(14(3)11(16)17)7-8-5-4-6-18-8/h4-6,9H,7H2,1-3H3,(H,12,15)(H,16,17). The minimum Gasteiger partial charge on any atom is -0.465 e. The van der Waals surface area contributed by atoms with Gasteiger partial charge in [-0.1, -0.05) is 6.07 Å². The molecule has 0 saturated carbocycles. The zero-order valence-electron chi connectivity index (χ0n) is 10.6. The average molecular weight is 271 g/mol. The van der Waals surface area contributed by atoms with E-state index in [1.165, 1.54) is 23.4 Å². The van der Waals surface area contributed by atoms with Gasteiger partial charge in [-0.3, -0.25) is 15.1 Å². The number of nitrogens with one attached hydrogen (secondary N) is 1. The second-order valence-electron chi connectivity index (χ2n) is 4.06. The van der Waals surface area contributed by atoms with Crippen LogP contribution in [0.25, 0.3) is 0 Å². The monoisotopic (exact) mass is 271 g/mol. The second kappa shape index (κ2) is 6.36. The number of hydrazine groups is 1. The van der Waals surface area contributed by atoms with Gasteiger partial charge in [0.15, 0.2) is 0 Å². The van der Waals surface area contributed by atoms with E-state index in [0.29, 0.717) is 6.42 Å². The van der Waals surface area contributed by atoms with Crippen molar-refractivity contribution < 1.29 is 14.7 Å². The van der Waals surface area contributed by atoms with Crippen molar-refractivity contribution >= 4 is 23.3 Å². The van der Waals surface area contributed by atoms with Crippen LogP contribution in [0.15, 0.2) is 17.5 Å². The summed E-state index contributed by atoms with van der Waals surface area (Å²) in [5.74, 6) is -0.335. The third kappa shape index (κ3) is 4.01. The molecule has 0 spiro atoms. The smallest absolute Gasteiger partial charge is 0.407 e. The summed E-state index contributed by atoms with van der Waals surface area (Å²) in [6, 6.07) is 3.03. The van der Waals surface area contributed by atoms with Gasteiger partial charge in [-0.05, 0) is 11.4 Å². The summed E-state index contributed by atoms with van der Waals surface area (Å²) in [6.07, 6.45) is -0.745. The molecule has 0 fully saturated rings. The third-order valence-electron chi connectivity index (χ3n) is 2.38. The Morgan fingerprint density at radius 1 is 1.44 bits per heavy atom. The molecule has 7 heteroatoms. The lowest BCUT2D eigenvalue weighted by atomic mass is 10.1. The van der Waals surface area contributed by atoms with Crippen LogP contribution in [-0.2, 0) is 11.2 Å². The number of carboxylic acid groups (broad SMARTS) is 1. The lowest BCUT2D eigenvalue weighted by Gasteiger charge is -2.25. The molecular formula is C11H17N3O3S. The number of carbonyl (C=O) groups is 2. The number of hydrogen-bond acceptors (Lipinski definition) is 4. The van der Waals surface area contributed by atoms with Gasteiger partial charge in [-0.25, -0.2) is 9.80 Å². The van der Waals surface area contributed by atoms with Gasteiger partial charge in [0.2, 0.25) is 0 Å². The Labute approximate surface area is 110 Å². The molecule has 1 unspecified atom stereocenters. The molecule has 1 heterocycles.